The average Bonchev–Trinajstić information content (AvgIpc) is 2.81. The Morgan fingerprint density at radius 3 is 2.54 bits per heavy atom. The number of amides is 2. The van der Waals surface area contributed by atoms with Crippen molar-refractivity contribution in [2.45, 2.75) is 45.7 Å². The van der Waals surface area contributed by atoms with Crippen molar-refractivity contribution in [2.75, 3.05) is 31.1 Å². The zero-order chi connectivity index (χ0) is 25.5. The van der Waals surface area contributed by atoms with Crippen LogP contribution in [0.1, 0.15) is 43.2 Å². The van der Waals surface area contributed by atoms with Gasteiger partial charge in [0.1, 0.15) is 16.5 Å². The molecule has 2 amide bonds. The molecule has 2 aliphatic rings. The van der Waals surface area contributed by atoms with Crippen LogP contribution in [0.15, 0.2) is 24.4 Å². The molecular weight excluding hydrogens is 493 g/mol. The van der Waals surface area contributed by atoms with Crippen molar-refractivity contribution in [2.24, 2.45) is 5.41 Å². The first-order chi connectivity index (χ1) is 16.5. The predicted molar refractivity (Wildman–Crippen MR) is 134 cm³/mol. The highest BCUT2D eigenvalue weighted by molar-refractivity contribution is 6.37. The molecule has 1 fully saturated rings. The van der Waals surface area contributed by atoms with Crippen molar-refractivity contribution >= 4 is 46.7 Å². The summed E-state index contributed by atoms with van der Waals surface area (Å²) in [4.78, 5) is 39.7. The second-order valence-corrected chi connectivity index (χ2v) is 10.7. The number of pyridine rings is 2. The number of hydrogen-bond acceptors (Lipinski definition) is 6. The summed E-state index contributed by atoms with van der Waals surface area (Å²) >= 11 is 12.9. The maximum absolute atomic E-state index is 14.1. The monoisotopic (exact) mass is 521 g/mol. The number of rotatable bonds is 3. The van der Waals surface area contributed by atoms with E-state index in [0.29, 0.717) is 12.4 Å². The highest BCUT2D eigenvalue weighted by Gasteiger charge is 2.47. The van der Waals surface area contributed by atoms with E-state index < -0.39 is 36.1 Å². The number of nitrogens with zero attached hydrogens (tertiary/aromatic N) is 5. The van der Waals surface area contributed by atoms with Crippen LogP contribution in [0.2, 0.25) is 10.2 Å². The second-order valence-electron chi connectivity index (χ2n) is 9.89. The molecule has 2 N–H and O–H groups in total. The van der Waals surface area contributed by atoms with Gasteiger partial charge < -0.3 is 24.9 Å². The largest absolute Gasteiger partial charge is 0.465 e. The number of aliphatic hydroxyl groups excluding tert-OH is 1. The number of aromatic nitrogens is 2. The molecule has 0 spiro atoms. The minimum atomic E-state index is -1.08. The van der Waals surface area contributed by atoms with Gasteiger partial charge in [0, 0.05) is 25.8 Å². The minimum Gasteiger partial charge on any atom is -0.465 e. The van der Waals surface area contributed by atoms with E-state index in [1.165, 1.54) is 15.9 Å². The lowest BCUT2D eigenvalue weighted by molar-refractivity contribution is -0.0311. The van der Waals surface area contributed by atoms with Crippen LogP contribution in [0.25, 0.3) is 0 Å². The van der Waals surface area contributed by atoms with E-state index in [1.54, 1.807) is 6.20 Å². The summed E-state index contributed by atoms with van der Waals surface area (Å²) in [6.45, 7) is 6.10. The van der Waals surface area contributed by atoms with Gasteiger partial charge in [-0.15, -0.1) is 0 Å². The molecule has 4 heterocycles. The number of carbonyl (C=O) groups excluding carboxylic acids is 1. The highest BCUT2D eigenvalue weighted by atomic mass is 35.5. The fraction of sp³-hybridized carbons (Fsp3) is 0.500. The number of fused-ring (bicyclic) bond motifs is 1. The molecule has 4 rings (SSSR count). The van der Waals surface area contributed by atoms with Crippen molar-refractivity contribution in [1.29, 1.82) is 0 Å². The lowest BCUT2D eigenvalue weighted by atomic mass is 9.79. The SMILES string of the molecule is CC(C)(C)C1C(CO)N(C(=O)c2c(Cl)cc(Cl)nc2N2CCCc3ncccc32)CCN1C(=O)O. The van der Waals surface area contributed by atoms with Gasteiger partial charge in [0.25, 0.3) is 5.91 Å². The molecule has 2 aromatic rings. The third-order valence-electron chi connectivity index (χ3n) is 6.61. The lowest BCUT2D eigenvalue weighted by Crippen LogP contribution is -2.67. The number of hydrogen-bond donors (Lipinski definition) is 2. The molecule has 2 unspecified atom stereocenters. The number of anilines is 2. The predicted octanol–water partition coefficient (Wildman–Crippen LogP) is 4.08. The fourth-order valence-corrected chi connectivity index (χ4v) is 5.74. The number of carboxylic acid groups (broad SMARTS) is 1. The summed E-state index contributed by atoms with van der Waals surface area (Å²) < 4.78 is 0. The molecule has 1 saturated heterocycles. The Bertz CT molecular complexity index is 1140. The molecule has 0 saturated carbocycles. The quantitative estimate of drug-likeness (QED) is 0.585. The van der Waals surface area contributed by atoms with E-state index in [2.05, 4.69) is 9.97 Å². The maximum Gasteiger partial charge on any atom is 0.407 e. The summed E-state index contributed by atoms with van der Waals surface area (Å²) in [5, 5.41) is 20.4. The Kier molecular flexibility index (Phi) is 7.13. The van der Waals surface area contributed by atoms with Crippen LogP contribution in [0.4, 0.5) is 16.3 Å². The van der Waals surface area contributed by atoms with E-state index in [9.17, 15) is 19.8 Å². The zero-order valence-corrected chi connectivity index (χ0v) is 21.4. The maximum atomic E-state index is 14.1. The summed E-state index contributed by atoms with van der Waals surface area (Å²) in [6, 6.07) is 3.79. The number of carbonyl (C=O) groups is 2. The van der Waals surface area contributed by atoms with Gasteiger partial charge in [0.05, 0.1) is 35.1 Å². The van der Waals surface area contributed by atoms with Crippen LogP contribution in [-0.4, -0.2) is 80.3 Å². The zero-order valence-electron chi connectivity index (χ0n) is 19.9. The van der Waals surface area contributed by atoms with Crippen LogP contribution >= 0.6 is 23.2 Å². The van der Waals surface area contributed by atoms with Gasteiger partial charge in [-0.2, -0.15) is 0 Å². The van der Waals surface area contributed by atoms with E-state index >= 15 is 0 Å². The smallest absolute Gasteiger partial charge is 0.407 e. The molecule has 2 atom stereocenters. The van der Waals surface area contributed by atoms with Gasteiger partial charge in [-0.3, -0.25) is 9.78 Å². The minimum absolute atomic E-state index is 0.111. The number of halogens is 2. The molecule has 188 valence electrons. The average molecular weight is 522 g/mol. The van der Waals surface area contributed by atoms with Crippen LogP contribution < -0.4 is 4.90 Å². The Hall–Kier alpha value is -2.62. The van der Waals surface area contributed by atoms with Gasteiger partial charge >= 0.3 is 6.09 Å². The normalized spacial score (nSPS) is 20.6. The van der Waals surface area contributed by atoms with Gasteiger partial charge in [-0.05, 0) is 36.5 Å². The van der Waals surface area contributed by atoms with Crippen molar-refractivity contribution in [3.8, 4) is 0 Å². The number of aliphatic hydroxyl groups is 1. The third kappa shape index (κ3) is 4.77. The van der Waals surface area contributed by atoms with Gasteiger partial charge in [0.2, 0.25) is 0 Å². The van der Waals surface area contributed by atoms with E-state index in [4.69, 9.17) is 23.2 Å². The van der Waals surface area contributed by atoms with Crippen LogP contribution in [0.5, 0.6) is 0 Å². The standard InChI is InChI=1S/C24H29Cl2N5O4/c1-24(2,3)20-17(13-32)30(10-11-31(20)23(34)35)22(33)19-14(25)12-18(26)28-21(19)29-9-5-6-15-16(29)7-4-8-27-15/h4,7-8,12,17,20,32H,5-6,9-11,13H2,1-3H3,(H,34,35). The Balaban J connectivity index is 1.80. The summed E-state index contributed by atoms with van der Waals surface area (Å²) in [5.74, 6) is -0.102. The summed E-state index contributed by atoms with van der Waals surface area (Å²) in [5.41, 5.74) is 1.36. The summed E-state index contributed by atoms with van der Waals surface area (Å²) in [6.07, 6.45) is 2.26. The van der Waals surface area contributed by atoms with Gasteiger partial charge in [-0.1, -0.05) is 44.0 Å². The van der Waals surface area contributed by atoms with Crippen LogP contribution in [-0.2, 0) is 6.42 Å². The third-order valence-corrected chi connectivity index (χ3v) is 7.10. The molecule has 2 aliphatic heterocycles. The molecule has 11 heteroatoms. The number of aryl methyl sites for hydroxylation is 1. The molecule has 0 aliphatic carbocycles. The van der Waals surface area contributed by atoms with Gasteiger partial charge in [0.15, 0.2) is 0 Å². The molecule has 0 radical (unpaired) electrons. The first kappa shape index (κ1) is 25.5. The van der Waals surface area contributed by atoms with E-state index in [-0.39, 0.29) is 28.8 Å². The molecule has 35 heavy (non-hydrogen) atoms. The molecule has 0 aromatic carbocycles. The first-order valence-corrected chi connectivity index (χ1v) is 12.3. The Morgan fingerprint density at radius 1 is 1.17 bits per heavy atom. The summed E-state index contributed by atoms with van der Waals surface area (Å²) in [7, 11) is 0. The van der Waals surface area contributed by atoms with Crippen LogP contribution in [0, 0.1) is 5.41 Å². The van der Waals surface area contributed by atoms with Gasteiger partial charge in [-0.25, -0.2) is 9.78 Å². The topological polar surface area (TPSA) is 110 Å². The van der Waals surface area contributed by atoms with E-state index in [1.807, 2.05) is 37.8 Å². The fourth-order valence-electron chi connectivity index (χ4n) is 5.23. The molecule has 9 nitrogen and oxygen atoms in total. The van der Waals surface area contributed by atoms with Crippen molar-refractivity contribution in [3.63, 3.8) is 0 Å². The van der Waals surface area contributed by atoms with Crippen molar-refractivity contribution < 1.29 is 19.8 Å². The molecule has 0 bridgehead atoms. The van der Waals surface area contributed by atoms with Crippen molar-refractivity contribution in [1.82, 2.24) is 19.8 Å². The Morgan fingerprint density at radius 2 is 1.89 bits per heavy atom. The van der Waals surface area contributed by atoms with Crippen LogP contribution in [0.3, 0.4) is 0 Å². The number of piperazine rings is 1. The Labute approximate surface area is 214 Å². The second kappa shape index (κ2) is 9.79. The lowest BCUT2D eigenvalue weighted by Gasteiger charge is -2.51. The van der Waals surface area contributed by atoms with E-state index in [0.717, 1.165) is 24.2 Å². The molecule has 2 aromatic heterocycles. The highest BCUT2D eigenvalue weighted by Crippen LogP contribution is 2.39. The van der Waals surface area contributed by atoms with Crippen molar-refractivity contribution in [3.05, 3.63) is 45.8 Å². The molecular formula is C24H29Cl2N5O4. The first-order valence-electron chi connectivity index (χ1n) is 11.5.